The Morgan fingerprint density at radius 1 is 1.25 bits per heavy atom. The van der Waals surface area contributed by atoms with Gasteiger partial charge in [-0.3, -0.25) is 0 Å². The first-order valence-electron chi connectivity index (χ1n) is 4.17. The second-order valence-corrected chi connectivity index (χ2v) is 4.42. The first-order valence-corrected chi connectivity index (χ1v) is 5.15. The van der Waals surface area contributed by atoms with Crippen molar-refractivity contribution >= 4 is 0 Å². The van der Waals surface area contributed by atoms with Gasteiger partial charge < -0.3 is 0 Å². The first kappa shape index (κ1) is 8.07. The van der Waals surface area contributed by atoms with Crippen LogP contribution in [0.2, 0.25) is 0 Å². The Labute approximate surface area is 79.6 Å². The minimum absolute atomic E-state index is 1.14. The van der Waals surface area contributed by atoms with Gasteiger partial charge in [0.15, 0.2) is 0 Å². The van der Waals surface area contributed by atoms with E-state index in [-0.39, 0.29) is 0 Å². The predicted molar refractivity (Wildman–Crippen MR) is 48.3 cm³/mol. The molecule has 12 heavy (non-hydrogen) atoms. The average molecular weight is 203 g/mol. The summed E-state index contributed by atoms with van der Waals surface area (Å²) in [5.74, 6) is 0. The molecule has 0 aromatic rings. The van der Waals surface area contributed by atoms with Crippen LogP contribution in [0.15, 0.2) is 45.0 Å². The van der Waals surface area contributed by atoms with E-state index in [4.69, 9.17) is 0 Å². The molecule has 66 valence electrons. The molecule has 0 amide bonds. The van der Waals surface area contributed by atoms with Gasteiger partial charge in [0.05, 0.1) is 0 Å². The SMILES string of the molecule is CC1=[C]([Ni][C]2=CC=CC2)CC=C1. The average Bonchev–Trinajstić information content (AvgIpc) is 2.65. The molecule has 0 aromatic carbocycles. The van der Waals surface area contributed by atoms with Crippen LogP contribution in [0.4, 0.5) is 0 Å². The minimum atomic E-state index is 1.14. The second-order valence-electron chi connectivity index (χ2n) is 2.94. The maximum atomic E-state index is 2.24. The van der Waals surface area contributed by atoms with E-state index in [1.165, 1.54) is 14.7 Å². The molecule has 0 atom stereocenters. The third-order valence-electron chi connectivity index (χ3n) is 1.96. The fourth-order valence-electron chi connectivity index (χ4n) is 1.26. The van der Waals surface area contributed by atoms with E-state index in [2.05, 4.69) is 37.3 Å². The van der Waals surface area contributed by atoms with Gasteiger partial charge in [-0.2, -0.15) is 0 Å². The molecule has 0 bridgehead atoms. The fraction of sp³-hybridized carbons (Fsp3) is 0.273. The van der Waals surface area contributed by atoms with Crippen molar-refractivity contribution in [3.8, 4) is 0 Å². The number of hydrogen-bond acceptors (Lipinski definition) is 0. The summed E-state index contributed by atoms with van der Waals surface area (Å²) in [6, 6.07) is 0. The third kappa shape index (κ3) is 1.61. The van der Waals surface area contributed by atoms with Crippen molar-refractivity contribution in [3.63, 3.8) is 0 Å². The quantitative estimate of drug-likeness (QED) is 0.604. The normalized spacial score (nSPS) is 21.2. The number of hydrogen-bond donors (Lipinski definition) is 0. The van der Waals surface area contributed by atoms with Crippen LogP contribution in [0.3, 0.4) is 0 Å². The molecular weight excluding hydrogens is 191 g/mol. The van der Waals surface area contributed by atoms with Gasteiger partial charge in [-0.15, -0.1) is 0 Å². The van der Waals surface area contributed by atoms with Gasteiger partial charge >= 0.3 is 79.2 Å². The van der Waals surface area contributed by atoms with Crippen molar-refractivity contribution in [2.24, 2.45) is 0 Å². The molecule has 0 saturated heterocycles. The van der Waals surface area contributed by atoms with E-state index in [9.17, 15) is 0 Å². The van der Waals surface area contributed by atoms with Crippen molar-refractivity contribution in [2.45, 2.75) is 19.8 Å². The van der Waals surface area contributed by atoms with Gasteiger partial charge in [0, 0.05) is 0 Å². The standard InChI is InChI=1S/C6H7.C5H5.Ni/c1-6-4-2-3-5-6;1-2-4-5-3-1;/h2,4H,3H2,1H3;1-3H,4H2;. The Morgan fingerprint density at radius 3 is 2.75 bits per heavy atom. The molecule has 0 aliphatic heterocycles. The van der Waals surface area contributed by atoms with Gasteiger partial charge in [0.1, 0.15) is 0 Å². The van der Waals surface area contributed by atoms with Gasteiger partial charge in [-0.05, 0) is 0 Å². The fourth-order valence-corrected chi connectivity index (χ4v) is 2.53. The van der Waals surface area contributed by atoms with Crippen LogP contribution in [0.25, 0.3) is 0 Å². The molecule has 2 aliphatic carbocycles. The molecular formula is C11H12Ni. The zero-order valence-electron chi connectivity index (χ0n) is 7.12. The Hall–Kier alpha value is -0.546. The van der Waals surface area contributed by atoms with Gasteiger partial charge in [0.2, 0.25) is 0 Å². The topological polar surface area (TPSA) is 0 Å². The molecule has 1 heteroatoms. The van der Waals surface area contributed by atoms with Crippen LogP contribution in [-0.2, 0) is 14.4 Å². The molecule has 0 unspecified atom stereocenters. The molecule has 0 nitrogen and oxygen atoms in total. The molecule has 0 N–H and O–H groups in total. The van der Waals surface area contributed by atoms with Gasteiger partial charge in [-0.1, -0.05) is 0 Å². The second kappa shape index (κ2) is 3.45. The summed E-state index contributed by atoms with van der Waals surface area (Å²) in [5.41, 5.74) is 1.45. The van der Waals surface area contributed by atoms with Crippen molar-refractivity contribution < 1.29 is 14.4 Å². The summed E-state index contributed by atoms with van der Waals surface area (Å²) < 4.78 is 3.04. The van der Waals surface area contributed by atoms with Crippen molar-refractivity contribution in [3.05, 3.63) is 45.0 Å². The molecule has 0 heterocycles. The maximum absolute atomic E-state index is 2.24. The van der Waals surface area contributed by atoms with Gasteiger partial charge in [0.25, 0.3) is 0 Å². The van der Waals surface area contributed by atoms with E-state index in [0.717, 1.165) is 12.8 Å². The van der Waals surface area contributed by atoms with E-state index >= 15 is 0 Å². The summed E-state index contributed by atoms with van der Waals surface area (Å²) in [6.07, 6.45) is 13.3. The summed E-state index contributed by atoms with van der Waals surface area (Å²) in [6.45, 7) is 2.19. The molecule has 2 aliphatic rings. The molecule has 0 saturated carbocycles. The first-order chi connectivity index (χ1) is 5.86. The van der Waals surface area contributed by atoms with Crippen molar-refractivity contribution in [2.75, 3.05) is 0 Å². The molecule has 2 rings (SSSR count). The van der Waals surface area contributed by atoms with E-state index < -0.39 is 0 Å². The van der Waals surface area contributed by atoms with Gasteiger partial charge in [-0.25, -0.2) is 0 Å². The Balaban J connectivity index is 2.01. The Bertz CT molecular complexity index is 303. The predicted octanol–water partition coefficient (Wildman–Crippen LogP) is 3.15. The van der Waals surface area contributed by atoms with Crippen molar-refractivity contribution in [1.29, 1.82) is 0 Å². The summed E-state index contributed by atoms with van der Waals surface area (Å²) >= 11 is 1.75. The summed E-state index contributed by atoms with van der Waals surface area (Å²) in [7, 11) is 0. The van der Waals surface area contributed by atoms with E-state index in [1.54, 1.807) is 14.4 Å². The van der Waals surface area contributed by atoms with Crippen LogP contribution < -0.4 is 0 Å². The zero-order chi connectivity index (χ0) is 8.39. The number of allylic oxidation sites excluding steroid dienone is 8. The zero-order valence-corrected chi connectivity index (χ0v) is 8.10. The molecule has 0 radical (unpaired) electrons. The van der Waals surface area contributed by atoms with E-state index in [0.29, 0.717) is 0 Å². The van der Waals surface area contributed by atoms with E-state index in [1.807, 2.05) is 0 Å². The molecule has 0 spiro atoms. The molecule has 0 aromatic heterocycles. The summed E-state index contributed by atoms with van der Waals surface area (Å²) in [5, 5.41) is 0. The van der Waals surface area contributed by atoms with Crippen LogP contribution in [0, 0.1) is 0 Å². The molecule has 0 fully saturated rings. The summed E-state index contributed by atoms with van der Waals surface area (Å²) in [4.78, 5) is 0. The van der Waals surface area contributed by atoms with Crippen molar-refractivity contribution in [1.82, 2.24) is 0 Å². The third-order valence-corrected chi connectivity index (χ3v) is 3.53. The number of rotatable bonds is 2. The Morgan fingerprint density at radius 2 is 2.17 bits per heavy atom. The van der Waals surface area contributed by atoms with Crippen LogP contribution in [0.1, 0.15) is 19.8 Å². The Kier molecular flexibility index (Phi) is 2.32. The van der Waals surface area contributed by atoms with Crippen LogP contribution >= 0.6 is 0 Å². The van der Waals surface area contributed by atoms with Crippen LogP contribution in [0.5, 0.6) is 0 Å². The van der Waals surface area contributed by atoms with Crippen LogP contribution in [-0.4, -0.2) is 0 Å². The monoisotopic (exact) mass is 202 g/mol.